The van der Waals surface area contributed by atoms with Crippen LogP contribution < -0.4 is 4.90 Å². The molecule has 0 N–H and O–H groups in total. The van der Waals surface area contributed by atoms with Crippen LogP contribution in [0.25, 0.3) is 6.08 Å². The van der Waals surface area contributed by atoms with Crippen molar-refractivity contribution in [3.8, 4) is 0 Å². The van der Waals surface area contributed by atoms with E-state index in [-0.39, 0.29) is 15.5 Å². The van der Waals surface area contributed by atoms with Gasteiger partial charge in [-0.3, -0.25) is 9.59 Å². The van der Waals surface area contributed by atoms with Gasteiger partial charge in [-0.05, 0) is 48.5 Å². The van der Waals surface area contributed by atoms with Gasteiger partial charge in [-0.15, -0.1) is 0 Å². The smallest absolute Gasteiger partial charge is 0.268 e. The number of carbonyl (C=O) groups excluding carboxylic acids is 2. The Balaban J connectivity index is 2.02. The summed E-state index contributed by atoms with van der Waals surface area (Å²) in [4.78, 5) is 26.0. The molecule has 2 aromatic carbocycles. The molecule has 6 heteroatoms. The lowest BCUT2D eigenvalue weighted by atomic mass is 10.1. The Hall–Kier alpha value is -2.11. The van der Waals surface area contributed by atoms with Crippen LogP contribution in [0, 0.1) is 12.7 Å². The van der Waals surface area contributed by atoms with Crippen molar-refractivity contribution < 1.29 is 14.0 Å². The molecule has 1 heterocycles. The second-order valence-electron chi connectivity index (χ2n) is 4.94. The maximum Gasteiger partial charge on any atom is 0.298 e. The number of imide groups is 1. The van der Waals surface area contributed by atoms with E-state index in [1.165, 1.54) is 24.3 Å². The van der Waals surface area contributed by atoms with E-state index >= 15 is 0 Å². The molecule has 0 aromatic heterocycles. The molecule has 1 aliphatic rings. The molecular formula is C17H11ClFNO2S. The molecule has 1 saturated heterocycles. The molecule has 3 rings (SSSR count). The van der Waals surface area contributed by atoms with E-state index in [0.717, 1.165) is 22.2 Å². The maximum absolute atomic E-state index is 13.9. The van der Waals surface area contributed by atoms with E-state index in [0.29, 0.717) is 5.69 Å². The predicted octanol–water partition coefficient (Wildman–Crippen LogP) is 5.03. The number of aryl methyl sites for hydroxylation is 1. The molecule has 0 bridgehead atoms. The van der Waals surface area contributed by atoms with Crippen LogP contribution in [0.2, 0.25) is 5.02 Å². The van der Waals surface area contributed by atoms with Gasteiger partial charge < -0.3 is 0 Å². The molecule has 0 unspecified atom stereocenters. The van der Waals surface area contributed by atoms with Gasteiger partial charge in [-0.1, -0.05) is 35.9 Å². The first-order valence-electron chi connectivity index (χ1n) is 6.76. The number of para-hydroxylation sites is 1. The molecule has 0 aliphatic carbocycles. The van der Waals surface area contributed by atoms with Crippen LogP contribution in [-0.4, -0.2) is 11.1 Å². The van der Waals surface area contributed by atoms with Crippen LogP contribution in [0.5, 0.6) is 0 Å². The molecule has 0 radical (unpaired) electrons. The van der Waals surface area contributed by atoms with Crippen molar-refractivity contribution in [1.29, 1.82) is 0 Å². The minimum absolute atomic E-state index is 0.101. The van der Waals surface area contributed by atoms with Crippen molar-refractivity contribution in [2.45, 2.75) is 6.92 Å². The standard InChI is InChI=1S/C17H11ClFNO2S/c1-10-5-2-3-8-14(10)20-16(21)15(23-17(20)22)9-11-12(18)6-4-7-13(11)19/h2-9H,1H3/b15-9-. The molecule has 0 spiro atoms. The highest BCUT2D eigenvalue weighted by Gasteiger charge is 2.37. The van der Waals surface area contributed by atoms with Crippen molar-refractivity contribution in [2.75, 3.05) is 4.90 Å². The highest BCUT2D eigenvalue weighted by Crippen LogP contribution is 2.37. The summed E-state index contributed by atoms with van der Waals surface area (Å²) in [7, 11) is 0. The Labute approximate surface area is 141 Å². The van der Waals surface area contributed by atoms with E-state index in [1.54, 1.807) is 12.1 Å². The quantitative estimate of drug-likeness (QED) is 0.715. The Kier molecular flexibility index (Phi) is 4.24. The summed E-state index contributed by atoms with van der Waals surface area (Å²) in [5.74, 6) is -1.02. The lowest BCUT2D eigenvalue weighted by Gasteiger charge is -2.14. The van der Waals surface area contributed by atoms with E-state index in [9.17, 15) is 14.0 Å². The highest BCUT2D eigenvalue weighted by molar-refractivity contribution is 8.19. The highest BCUT2D eigenvalue weighted by atomic mass is 35.5. The molecule has 1 aliphatic heterocycles. The molecule has 2 amide bonds. The fourth-order valence-corrected chi connectivity index (χ4v) is 3.30. The summed E-state index contributed by atoms with van der Waals surface area (Å²) in [5.41, 5.74) is 1.43. The van der Waals surface area contributed by atoms with Gasteiger partial charge in [-0.2, -0.15) is 0 Å². The first-order chi connectivity index (χ1) is 11.0. The van der Waals surface area contributed by atoms with Gasteiger partial charge in [-0.25, -0.2) is 9.29 Å². The second kappa shape index (κ2) is 6.18. The monoisotopic (exact) mass is 347 g/mol. The lowest BCUT2D eigenvalue weighted by Crippen LogP contribution is -2.28. The number of anilines is 1. The fourth-order valence-electron chi connectivity index (χ4n) is 2.27. The van der Waals surface area contributed by atoms with E-state index in [1.807, 2.05) is 19.1 Å². The Morgan fingerprint density at radius 3 is 2.57 bits per heavy atom. The van der Waals surface area contributed by atoms with Crippen LogP contribution in [0.4, 0.5) is 14.9 Å². The zero-order valence-corrected chi connectivity index (χ0v) is 13.6. The summed E-state index contributed by atoms with van der Waals surface area (Å²) in [6.45, 7) is 1.82. The summed E-state index contributed by atoms with van der Waals surface area (Å²) in [6, 6.07) is 11.4. The van der Waals surface area contributed by atoms with E-state index in [2.05, 4.69) is 0 Å². The molecule has 0 saturated carbocycles. The number of hydrogen-bond donors (Lipinski definition) is 0. The number of rotatable bonds is 2. The predicted molar refractivity (Wildman–Crippen MR) is 91.0 cm³/mol. The number of thioether (sulfide) groups is 1. The van der Waals surface area contributed by atoms with Gasteiger partial charge in [0.15, 0.2) is 0 Å². The fraction of sp³-hybridized carbons (Fsp3) is 0.0588. The second-order valence-corrected chi connectivity index (χ2v) is 6.34. The average Bonchev–Trinajstić information content (AvgIpc) is 2.78. The third-order valence-corrected chi connectivity index (χ3v) is 4.62. The molecular weight excluding hydrogens is 337 g/mol. The number of benzene rings is 2. The molecule has 23 heavy (non-hydrogen) atoms. The van der Waals surface area contributed by atoms with Gasteiger partial charge >= 0.3 is 0 Å². The number of amides is 2. The minimum atomic E-state index is -0.541. The number of halogens is 2. The van der Waals surface area contributed by atoms with Crippen LogP contribution >= 0.6 is 23.4 Å². The number of hydrogen-bond acceptors (Lipinski definition) is 3. The lowest BCUT2D eigenvalue weighted by molar-refractivity contribution is -0.113. The Morgan fingerprint density at radius 1 is 1.13 bits per heavy atom. The van der Waals surface area contributed by atoms with E-state index < -0.39 is 17.0 Å². The van der Waals surface area contributed by atoms with Gasteiger partial charge in [0, 0.05) is 5.56 Å². The number of carbonyl (C=O) groups is 2. The molecule has 1 fully saturated rings. The first-order valence-corrected chi connectivity index (χ1v) is 7.96. The van der Waals surface area contributed by atoms with Crippen LogP contribution in [0.3, 0.4) is 0 Å². The average molecular weight is 348 g/mol. The summed E-state index contributed by atoms with van der Waals surface area (Å²) in [6.07, 6.45) is 1.32. The van der Waals surface area contributed by atoms with Crippen LogP contribution in [0.1, 0.15) is 11.1 Å². The number of nitrogens with zero attached hydrogens (tertiary/aromatic N) is 1. The summed E-state index contributed by atoms with van der Waals surface area (Å²) < 4.78 is 13.9. The third-order valence-electron chi connectivity index (χ3n) is 3.43. The third kappa shape index (κ3) is 2.90. The Bertz CT molecular complexity index is 830. The SMILES string of the molecule is Cc1ccccc1N1C(=O)S/C(=C\c2c(F)cccc2Cl)C1=O. The maximum atomic E-state index is 13.9. The molecule has 2 aromatic rings. The van der Waals surface area contributed by atoms with Crippen LogP contribution in [-0.2, 0) is 4.79 Å². The van der Waals surface area contributed by atoms with Crippen molar-refractivity contribution in [2.24, 2.45) is 0 Å². The van der Waals surface area contributed by atoms with Gasteiger partial charge in [0.25, 0.3) is 11.1 Å². The molecule has 3 nitrogen and oxygen atoms in total. The summed E-state index contributed by atoms with van der Waals surface area (Å²) >= 11 is 6.74. The van der Waals surface area contributed by atoms with Crippen molar-refractivity contribution in [1.82, 2.24) is 0 Å². The van der Waals surface area contributed by atoms with Gasteiger partial charge in [0.2, 0.25) is 0 Å². The Morgan fingerprint density at radius 2 is 1.87 bits per heavy atom. The van der Waals surface area contributed by atoms with Crippen LogP contribution in [0.15, 0.2) is 47.4 Å². The normalized spacial score (nSPS) is 16.5. The van der Waals surface area contributed by atoms with Crippen molar-refractivity contribution in [3.63, 3.8) is 0 Å². The van der Waals surface area contributed by atoms with Crippen molar-refractivity contribution >= 4 is 46.3 Å². The van der Waals surface area contributed by atoms with E-state index in [4.69, 9.17) is 11.6 Å². The molecule has 116 valence electrons. The van der Waals surface area contributed by atoms with Gasteiger partial charge in [0.1, 0.15) is 5.82 Å². The van der Waals surface area contributed by atoms with Crippen molar-refractivity contribution in [3.05, 3.63) is 69.3 Å². The van der Waals surface area contributed by atoms with Gasteiger partial charge in [0.05, 0.1) is 15.6 Å². The topological polar surface area (TPSA) is 37.4 Å². The molecule has 0 atom stereocenters. The zero-order valence-electron chi connectivity index (χ0n) is 12.0. The zero-order chi connectivity index (χ0) is 16.6. The minimum Gasteiger partial charge on any atom is -0.268 e. The first kappa shape index (κ1) is 15.8. The summed E-state index contributed by atoms with van der Waals surface area (Å²) in [5, 5.41) is -0.226. The largest absolute Gasteiger partial charge is 0.298 e.